The molecule has 1 atom stereocenters. The van der Waals surface area contributed by atoms with Gasteiger partial charge in [0.2, 0.25) is 11.8 Å². The van der Waals surface area contributed by atoms with Crippen molar-refractivity contribution in [1.82, 2.24) is 10.6 Å². The van der Waals surface area contributed by atoms with E-state index in [0.717, 1.165) is 51.4 Å². The number of hydrogen-bond acceptors (Lipinski definition) is 7. The number of carbonyl (C=O) groups is 5. The fourth-order valence-electron chi connectivity index (χ4n) is 3.83. The fourth-order valence-corrected chi connectivity index (χ4v) is 3.83. The summed E-state index contributed by atoms with van der Waals surface area (Å²) in [5.74, 6) is -2.51. The van der Waals surface area contributed by atoms with E-state index in [2.05, 4.69) is 10.6 Å². The SMILES string of the molecule is O=CCOCCOCCNC(=O)CCC(NC(=O)CCCCCCCCCCCCCCC(=O)O)C(=O)O. The maximum atomic E-state index is 12.1. The minimum absolute atomic E-state index is 0.00956. The molecule has 0 aliphatic rings. The normalized spacial score (nSPS) is 11.6. The first kappa shape index (κ1) is 35.5. The molecule has 11 heteroatoms. The summed E-state index contributed by atoms with van der Waals surface area (Å²) in [6, 6.07) is -1.10. The first-order chi connectivity index (χ1) is 18.4. The van der Waals surface area contributed by atoms with E-state index in [1.807, 2.05) is 0 Å². The van der Waals surface area contributed by atoms with Crippen LogP contribution in [0.25, 0.3) is 0 Å². The van der Waals surface area contributed by atoms with Crippen molar-refractivity contribution in [2.75, 3.05) is 33.0 Å². The molecular weight excluding hydrogens is 496 g/mol. The lowest BCUT2D eigenvalue weighted by atomic mass is 10.0. The highest BCUT2D eigenvalue weighted by Crippen LogP contribution is 2.13. The van der Waals surface area contributed by atoms with Crippen molar-refractivity contribution in [3.63, 3.8) is 0 Å². The number of aliphatic carboxylic acids is 2. The lowest BCUT2D eigenvalue weighted by Crippen LogP contribution is -2.41. The number of amides is 2. The van der Waals surface area contributed by atoms with E-state index in [1.165, 1.54) is 19.3 Å². The molecule has 0 rings (SSSR count). The van der Waals surface area contributed by atoms with Crippen LogP contribution in [0.15, 0.2) is 0 Å². The van der Waals surface area contributed by atoms with E-state index >= 15 is 0 Å². The Morgan fingerprint density at radius 1 is 0.658 bits per heavy atom. The Hall–Kier alpha value is -2.53. The Labute approximate surface area is 226 Å². The van der Waals surface area contributed by atoms with Gasteiger partial charge in [0.05, 0.1) is 19.8 Å². The smallest absolute Gasteiger partial charge is 0.326 e. The number of rotatable bonds is 28. The van der Waals surface area contributed by atoms with Crippen LogP contribution < -0.4 is 10.6 Å². The summed E-state index contributed by atoms with van der Waals surface area (Å²) in [6.45, 7) is 1.15. The number of ether oxygens (including phenoxy) is 2. The molecule has 0 aromatic rings. The Balaban J connectivity index is 3.69. The standard InChI is InChI=1S/C27H48N2O9/c30-18-20-38-22-21-37-19-17-28-24(31)16-15-23(27(35)36)29-25(32)13-11-9-7-5-3-1-2-4-6-8-10-12-14-26(33)34/h18,23H,1-17,19-22H2,(H,28,31)(H,29,32)(H,33,34)(H,35,36). The van der Waals surface area contributed by atoms with Crippen LogP contribution >= 0.6 is 0 Å². The second-order valence-corrected chi connectivity index (χ2v) is 9.34. The number of carboxylic acids is 2. The highest BCUT2D eigenvalue weighted by Gasteiger charge is 2.20. The van der Waals surface area contributed by atoms with Crippen LogP contribution in [0.4, 0.5) is 0 Å². The van der Waals surface area contributed by atoms with Gasteiger partial charge in [-0.3, -0.25) is 14.4 Å². The van der Waals surface area contributed by atoms with Crippen LogP contribution in [0.2, 0.25) is 0 Å². The van der Waals surface area contributed by atoms with Crippen molar-refractivity contribution >= 4 is 30.0 Å². The minimum atomic E-state index is -1.16. The fraction of sp³-hybridized carbons (Fsp3) is 0.815. The van der Waals surface area contributed by atoms with Gasteiger partial charge in [-0.1, -0.05) is 64.2 Å². The maximum absolute atomic E-state index is 12.1. The molecule has 11 nitrogen and oxygen atoms in total. The number of carboxylic acid groups (broad SMARTS) is 2. The van der Waals surface area contributed by atoms with Crippen molar-refractivity contribution in [3.8, 4) is 0 Å². The molecule has 220 valence electrons. The third-order valence-corrected chi connectivity index (χ3v) is 5.96. The van der Waals surface area contributed by atoms with Crippen molar-refractivity contribution < 1.29 is 43.7 Å². The summed E-state index contributed by atoms with van der Waals surface area (Å²) >= 11 is 0. The summed E-state index contributed by atoms with van der Waals surface area (Å²) < 4.78 is 10.2. The van der Waals surface area contributed by atoms with E-state index in [4.69, 9.17) is 14.6 Å². The highest BCUT2D eigenvalue weighted by atomic mass is 16.5. The molecule has 1 unspecified atom stereocenters. The number of hydrogen-bond donors (Lipinski definition) is 4. The van der Waals surface area contributed by atoms with Gasteiger partial charge >= 0.3 is 11.9 Å². The Kier molecular flexibility index (Phi) is 24.4. The van der Waals surface area contributed by atoms with Gasteiger partial charge in [-0.15, -0.1) is 0 Å². The molecule has 0 aromatic carbocycles. The van der Waals surface area contributed by atoms with Gasteiger partial charge in [-0.05, 0) is 19.3 Å². The maximum Gasteiger partial charge on any atom is 0.326 e. The van der Waals surface area contributed by atoms with E-state index in [-0.39, 0.29) is 63.9 Å². The van der Waals surface area contributed by atoms with E-state index in [9.17, 15) is 29.1 Å². The zero-order valence-electron chi connectivity index (χ0n) is 22.8. The second-order valence-electron chi connectivity index (χ2n) is 9.34. The molecule has 0 fully saturated rings. The molecule has 0 saturated heterocycles. The molecule has 2 amide bonds. The average molecular weight is 545 g/mol. The first-order valence-electron chi connectivity index (χ1n) is 14.0. The van der Waals surface area contributed by atoms with Gasteiger partial charge < -0.3 is 35.1 Å². The molecule has 0 spiro atoms. The van der Waals surface area contributed by atoms with Gasteiger partial charge in [0.15, 0.2) is 0 Å². The van der Waals surface area contributed by atoms with Crippen LogP contribution in [0.3, 0.4) is 0 Å². The number of carbonyl (C=O) groups excluding carboxylic acids is 3. The van der Waals surface area contributed by atoms with Crippen LogP contribution in [0, 0.1) is 0 Å². The second kappa shape index (κ2) is 26.1. The van der Waals surface area contributed by atoms with Gasteiger partial charge in [0.1, 0.15) is 18.9 Å². The van der Waals surface area contributed by atoms with Crippen molar-refractivity contribution in [2.24, 2.45) is 0 Å². The van der Waals surface area contributed by atoms with Crippen molar-refractivity contribution in [2.45, 2.75) is 109 Å². The molecule has 0 radical (unpaired) electrons. The molecule has 38 heavy (non-hydrogen) atoms. The molecule has 0 aliphatic heterocycles. The van der Waals surface area contributed by atoms with Crippen molar-refractivity contribution in [1.29, 1.82) is 0 Å². The van der Waals surface area contributed by atoms with Crippen LogP contribution in [-0.4, -0.2) is 79.3 Å². The Morgan fingerprint density at radius 2 is 1.18 bits per heavy atom. The average Bonchev–Trinajstić information content (AvgIpc) is 2.87. The molecule has 0 aliphatic carbocycles. The first-order valence-corrected chi connectivity index (χ1v) is 14.0. The minimum Gasteiger partial charge on any atom is -0.481 e. The zero-order chi connectivity index (χ0) is 28.3. The summed E-state index contributed by atoms with van der Waals surface area (Å²) in [4.78, 5) is 56.0. The largest absolute Gasteiger partial charge is 0.481 e. The summed E-state index contributed by atoms with van der Waals surface area (Å²) in [6.07, 6.45) is 13.7. The van der Waals surface area contributed by atoms with Crippen LogP contribution in [-0.2, 0) is 33.4 Å². The number of nitrogens with one attached hydrogen (secondary N) is 2. The molecule has 0 aromatic heterocycles. The van der Waals surface area contributed by atoms with Gasteiger partial charge in [-0.2, -0.15) is 0 Å². The number of aldehydes is 1. The lowest BCUT2D eigenvalue weighted by Gasteiger charge is -2.14. The van der Waals surface area contributed by atoms with Crippen molar-refractivity contribution in [3.05, 3.63) is 0 Å². The monoisotopic (exact) mass is 544 g/mol. The predicted octanol–water partition coefficient (Wildman–Crippen LogP) is 3.23. The van der Waals surface area contributed by atoms with Gasteiger partial charge in [0, 0.05) is 25.8 Å². The number of unbranched alkanes of at least 4 members (excludes halogenated alkanes) is 11. The zero-order valence-corrected chi connectivity index (χ0v) is 22.8. The van der Waals surface area contributed by atoms with Crippen LogP contribution in [0.1, 0.15) is 103 Å². The van der Waals surface area contributed by atoms with E-state index in [1.54, 1.807) is 0 Å². The summed E-state index contributed by atoms with van der Waals surface area (Å²) in [5, 5.41) is 23.1. The van der Waals surface area contributed by atoms with E-state index < -0.39 is 18.0 Å². The Bertz CT molecular complexity index is 658. The predicted molar refractivity (Wildman–Crippen MR) is 142 cm³/mol. The van der Waals surface area contributed by atoms with E-state index in [0.29, 0.717) is 19.3 Å². The molecule has 0 bridgehead atoms. The Morgan fingerprint density at radius 3 is 1.71 bits per heavy atom. The topological polar surface area (TPSA) is 168 Å². The molecule has 0 heterocycles. The lowest BCUT2D eigenvalue weighted by molar-refractivity contribution is -0.142. The molecule has 0 saturated carbocycles. The highest BCUT2D eigenvalue weighted by molar-refractivity contribution is 5.84. The third-order valence-electron chi connectivity index (χ3n) is 5.96. The quantitative estimate of drug-likeness (QED) is 0.0853. The van der Waals surface area contributed by atoms with Gasteiger partial charge in [0.25, 0.3) is 0 Å². The summed E-state index contributed by atoms with van der Waals surface area (Å²) in [5.41, 5.74) is 0. The molecule has 4 N–H and O–H groups in total. The molecular formula is C27H48N2O9. The third kappa shape index (κ3) is 25.1. The summed E-state index contributed by atoms with van der Waals surface area (Å²) in [7, 11) is 0. The van der Waals surface area contributed by atoms with Gasteiger partial charge in [-0.25, -0.2) is 4.79 Å². The van der Waals surface area contributed by atoms with Crippen LogP contribution in [0.5, 0.6) is 0 Å².